The first kappa shape index (κ1) is 10.7. The van der Waals surface area contributed by atoms with E-state index in [1.807, 2.05) is 12.1 Å². The number of nitrogens with one attached hydrogen (secondary N) is 2. The molecule has 0 unspecified atom stereocenters. The molecule has 1 aromatic carbocycles. The summed E-state index contributed by atoms with van der Waals surface area (Å²) in [6.45, 7) is 0. The summed E-state index contributed by atoms with van der Waals surface area (Å²) in [5.41, 5.74) is 7.58. The second-order valence-corrected chi connectivity index (χ2v) is 4.35. The predicted molar refractivity (Wildman–Crippen MR) is 68.4 cm³/mol. The van der Waals surface area contributed by atoms with E-state index in [1.165, 1.54) is 0 Å². The molecule has 3 rings (SSSR count). The fourth-order valence-electron chi connectivity index (χ4n) is 1.65. The van der Waals surface area contributed by atoms with Crippen LogP contribution in [0.4, 0.5) is 10.8 Å². The van der Waals surface area contributed by atoms with Crippen LogP contribution in [0.15, 0.2) is 24.3 Å². The van der Waals surface area contributed by atoms with Gasteiger partial charge in [0.05, 0.1) is 11.2 Å². The number of benzene rings is 1. The van der Waals surface area contributed by atoms with Crippen molar-refractivity contribution < 1.29 is 4.79 Å². The van der Waals surface area contributed by atoms with Gasteiger partial charge < -0.3 is 10.7 Å². The van der Waals surface area contributed by atoms with E-state index in [9.17, 15) is 4.79 Å². The van der Waals surface area contributed by atoms with Gasteiger partial charge in [-0.15, -0.1) is 0 Å². The van der Waals surface area contributed by atoms with Crippen molar-refractivity contribution in [3.8, 4) is 0 Å². The lowest BCUT2D eigenvalue weighted by Gasteiger charge is -1.96. The van der Waals surface area contributed by atoms with Crippen LogP contribution in [0.1, 0.15) is 10.5 Å². The van der Waals surface area contributed by atoms with Crippen LogP contribution in [0.2, 0.25) is 0 Å². The summed E-state index contributed by atoms with van der Waals surface area (Å²) < 4.78 is 3.56. The van der Waals surface area contributed by atoms with Crippen LogP contribution in [0.25, 0.3) is 10.9 Å². The molecule has 0 aliphatic heterocycles. The molecule has 0 fully saturated rings. The smallest absolute Gasteiger partial charge is 0.273 e. The molecular weight excluding hydrogens is 252 g/mol. The van der Waals surface area contributed by atoms with Crippen molar-refractivity contribution in [1.82, 2.24) is 19.8 Å². The number of aromatic amines is 1. The highest BCUT2D eigenvalue weighted by Crippen LogP contribution is 2.21. The molecule has 0 saturated heterocycles. The summed E-state index contributed by atoms with van der Waals surface area (Å²) in [5, 5.41) is 10.9. The molecule has 8 heteroatoms. The first-order valence-corrected chi connectivity index (χ1v) is 5.85. The van der Waals surface area contributed by atoms with Crippen LogP contribution in [0.3, 0.4) is 0 Å². The van der Waals surface area contributed by atoms with Crippen LogP contribution in [0.5, 0.6) is 0 Å². The third kappa shape index (κ3) is 1.78. The van der Waals surface area contributed by atoms with Crippen molar-refractivity contribution in [3.63, 3.8) is 0 Å². The molecule has 0 atom stereocenters. The Balaban J connectivity index is 1.94. The highest BCUT2D eigenvalue weighted by molar-refractivity contribution is 7.09. The fraction of sp³-hybridized carbons (Fsp3) is 0. The Hall–Kier alpha value is -2.48. The number of para-hydroxylation sites is 1. The van der Waals surface area contributed by atoms with Gasteiger partial charge in [0.25, 0.3) is 5.91 Å². The monoisotopic (exact) mass is 260 g/mol. The molecule has 2 aromatic heterocycles. The van der Waals surface area contributed by atoms with Gasteiger partial charge in [-0.2, -0.15) is 0 Å². The number of hydrogen-bond acceptors (Lipinski definition) is 6. The molecule has 0 saturated carbocycles. The number of fused-ring (bicyclic) bond motifs is 1. The second-order valence-electron chi connectivity index (χ2n) is 3.62. The van der Waals surface area contributed by atoms with E-state index in [0.29, 0.717) is 16.5 Å². The number of H-pyrrole nitrogens is 1. The summed E-state index contributed by atoms with van der Waals surface area (Å²) in [6.07, 6.45) is 0. The van der Waals surface area contributed by atoms with Gasteiger partial charge in [0.15, 0.2) is 0 Å². The van der Waals surface area contributed by atoms with Gasteiger partial charge in [-0.1, -0.05) is 21.7 Å². The second kappa shape index (κ2) is 4.08. The molecule has 18 heavy (non-hydrogen) atoms. The van der Waals surface area contributed by atoms with E-state index in [1.54, 1.807) is 12.1 Å². The number of nitrogen functional groups attached to an aromatic ring is 1. The molecule has 0 aliphatic carbocycles. The Kier molecular flexibility index (Phi) is 2.41. The summed E-state index contributed by atoms with van der Waals surface area (Å²) in [5.74, 6) is -0.302. The van der Waals surface area contributed by atoms with E-state index in [-0.39, 0.29) is 5.91 Å². The quantitative estimate of drug-likeness (QED) is 0.601. The van der Waals surface area contributed by atoms with Crippen molar-refractivity contribution in [2.45, 2.75) is 0 Å². The number of nitrogens with zero attached hydrogens (tertiary/aromatic N) is 3. The normalized spacial score (nSPS) is 10.7. The van der Waals surface area contributed by atoms with Gasteiger partial charge in [0.2, 0.25) is 5.13 Å². The molecule has 7 nitrogen and oxygen atoms in total. The topological polar surface area (TPSA) is 110 Å². The van der Waals surface area contributed by atoms with E-state index in [0.717, 1.165) is 22.4 Å². The minimum absolute atomic E-state index is 0.302. The molecular formula is C10H8N6OS. The molecule has 4 N–H and O–H groups in total. The minimum Gasteiger partial charge on any atom is -0.397 e. The van der Waals surface area contributed by atoms with Crippen molar-refractivity contribution in [2.24, 2.45) is 0 Å². The standard InChI is InChI=1S/C10H8N6OS/c11-6-3-1-2-5-4-7(12-8(5)6)9(17)13-10-14-15-16-18-10/h1-4,12H,11H2,(H,13,14,16,17). The first-order valence-electron chi connectivity index (χ1n) is 5.07. The summed E-state index contributed by atoms with van der Waals surface area (Å²) in [4.78, 5) is 14.9. The predicted octanol–water partition coefficient (Wildman–Crippen LogP) is 1.25. The van der Waals surface area contributed by atoms with Crippen LogP contribution in [-0.2, 0) is 0 Å². The van der Waals surface area contributed by atoms with Gasteiger partial charge in [0.1, 0.15) is 5.69 Å². The largest absolute Gasteiger partial charge is 0.397 e. The van der Waals surface area contributed by atoms with Gasteiger partial charge in [-0.05, 0) is 17.3 Å². The minimum atomic E-state index is -0.302. The highest BCUT2D eigenvalue weighted by Gasteiger charge is 2.12. The zero-order chi connectivity index (χ0) is 12.5. The lowest BCUT2D eigenvalue weighted by Crippen LogP contribution is -2.11. The maximum Gasteiger partial charge on any atom is 0.273 e. The van der Waals surface area contributed by atoms with Gasteiger partial charge in [-0.3, -0.25) is 10.1 Å². The van der Waals surface area contributed by atoms with Crippen LogP contribution >= 0.6 is 11.5 Å². The number of anilines is 2. The van der Waals surface area contributed by atoms with E-state index >= 15 is 0 Å². The molecule has 1 amide bonds. The number of rotatable bonds is 2. The van der Waals surface area contributed by atoms with E-state index in [2.05, 4.69) is 25.1 Å². The summed E-state index contributed by atoms with van der Waals surface area (Å²) in [6, 6.07) is 7.22. The Morgan fingerprint density at radius 1 is 1.44 bits per heavy atom. The Labute approximate surface area is 105 Å². The molecule has 0 aliphatic rings. The Morgan fingerprint density at radius 3 is 3.06 bits per heavy atom. The number of nitrogens with two attached hydrogens (primary N) is 1. The lowest BCUT2D eigenvalue weighted by atomic mass is 10.2. The lowest BCUT2D eigenvalue weighted by molar-refractivity contribution is 0.102. The fourth-order valence-corrected chi connectivity index (χ4v) is 2.01. The van der Waals surface area contributed by atoms with Gasteiger partial charge >= 0.3 is 0 Å². The average molecular weight is 260 g/mol. The molecule has 0 bridgehead atoms. The molecule has 0 spiro atoms. The maximum atomic E-state index is 11.9. The number of amides is 1. The molecule has 90 valence electrons. The van der Waals surface area contributed by atoms with Crippen LogP contribution in [0, 0.1) is 0 Å². The molecule has 3 aromatic rings. The number of carbonyl (C=O) groups is 1. The third-order valence-corrected chi connectivity index (χ3v) is 2.96. The van der Waals surface area contributed by atoms with Gasteiger partial charge in [0, 0.05) is 16.9 Å². The highest BCUT2D eigenvalue weighted by atomic mass is 32.1. The van der Waals surface area contributed by atoms with Crippen molar-refractivity contribution in [2.75, 3.05) is 11.1 Å². The SMILES string of the molecule is Nc1cccc2cc(C(=O)Nc3nnns3)[nH]c12. The van der Waals surface area contributed by atoms with E-state index in [4.69, 9.17) is 5.73 Å². The molecule has 0 radical (unpaired) electrons. The van der Waals surface area contributed by atoms with Crippen LogP contribution < -0.4 is 11.1 Å². The number of hydrogen-bond donors (Lipinski definition) is 3. The Bertz CT molecular complexity index is 704. The van der Waals surface area contributed by atoms with Crippen LogP contribution in [-0.4, -0.2) is 25.7 Å². The van der Waals surface area contributed by atoms with Crippen molar-refractivity contribution >= 4 is 39.2 Å². The third-order valence-electron chi connectivity index (χ3n) is 2.45. The number of carbonyl (C=O) groups excluding carboxylic acids is 1. The number of aromatic nitrogens is 4. The van der Waals surface area contributed by atoms with Crippen molar-refractivity contribution in [1.29, 1.82) is 0 Å². The van der Waals surface area contributed by atoms with E-state index < -0.39 is 0 Å². The van der Waals surface area contributed by atoms with Gasteiger partial charge in [-0.25, -0.2) is 0 Å². The summed E-state index contributed by atoms with van der Waals surface area (Å²) in [7, 11) is 0. The average Bonchev–Trinajstić information content (AvgIpc) is 2.97. The first-order chi connectivity index (χ1) is 8.74. The maximum absolute atomic E-state index is 11.9. The Morgan fingerprint density at radius 2 is 2.33 bits per heavy atom. The summed E-state index contributed by atoms with van der Waals surface area (Å²) >= 11 is 1.01. The zero-order valence-corrected chi connectivity index (χ0v) is 9.86. The molecule has 2 heterocycles. The van der Waals surface area contributed by atoms with Crippen molar-refractivity contribution in [3.05, 3.63) is 30.0 Å². The zero-order valence-electron chi connectivity index (χ0n) is 9.04.